The van der Waals surface area contributed by atoms with Gasteiger partial charge in [0.1, 0.15) is 11.6 Å². The van der Waals surface area contributed by atoms with Crippen molar-refractivity contribution in [1.82, 2.24) is 9.62 Å². The molecule has 1 N–H and O–H groups in total. The van der Waals surface area contributed by atoms with E-state index in [0.29, 0.717) is 42.0 Å². The van der Waals surface area contributed by atoms with Crippen LogP contribution in [0.15, 0.2) is 66.7 Å². The van der Waals surface area contributed by atoms with Gasteiger partial charge in [-0.1, -0.05) is 24.3 Å². The number of amides is 1. The van der Waals surface area contributed by atoms with Gasteiger partial charge in [0.25, 0.3) is 5.91 Å². The van der Waals surface area contributed by atoms with Gasteiger partial charge in [-0.15, -0.1) is 0 Å². The predicted octanol–water partition coefficient (Wildman–Crippen LogP) is 6.49. The Bertz CT molecular complexity index is 1650. The zero-order valence-corrected chi connectivity index (χ0v) is 27.4. The lowest BCUT2D eigenvalue weighted by Gasteiger charge is -2.56. The van der Waals surface area contributed by atoms with Crippen LogP contribution in [0.5, 0.6) is 5.75 Å². The first-order chi connectivity index (χ1) is 22.2. The third-order valence-corrected chi connectivity index (χ3v) is 12.2. The maximum atomic E-state index is 15.1. The minimum Gasteiger partial charge on any atom is -0.494 e. The summed E-state index contributed by atoms with van der Waals surface area (Å²) in [6.07, 6.45) is 6.74. The standard InChI is InChI=1S/C37H44FN3O4S/c1-2-45-33-5-3-4-31(20-33)34-11-6-26(19-35(34)38)24-40-12-14-41(15-13-40)32-9-7-30(8-10-32)36(42)39-46(43,44)25-37-21-27-16-28(22-37)18-29(17-27)23-37/h3-11,19-20,27-29H,2,12-18,21-25H2,1H3,(H,39,42). The third-order valence-electron chi connectivity index (χ3n) is 10.7. The first-order valence-electron chi connectivity index (χ1n) is 16.8. The Morgan fingerprint density at radius 1 is 0.913 bits per heavy atom. The van der Waals surface area contributed by atoms with Crippen LogP contribution in [-0.2, 0) is 16.6 Å². The molecule has 0 aromatic heterocycles. The van der Waals surface area contributed by atoms with E-state index in [4.69, 9.17) is 4.74 Å². The normalized spacial score (nSPS) is 25.9. The average Bonchev–Trinajstić information content (AvgIpc) is 3.00. The Morgan fingerprint density at radius 2 is 1.59 bits per heavy atom. The van der Waals surface area contributed by atoms with Crippen molar-refractivity contribution in [3.63, 3.8) is 0 Å². The molecule has 3 aromatic carbocycles. The van der Waals surface area contributed by atoms with Crippen LogP contribution in [0.25, 0.3) is 11.1 Å². The predicted molar refractivity (Wildman–Crippen MR) is 179 cm³/mol. The van der Waals surface area contributed by atoms with Gasteiger partial charge in [0.05, 0.1) is 12.4 Å². The molecule has 5 aliphatic rings. The lowest BCUT2D eigenvalue weighted by Crippen LogP contribution is -2.51. The van der Waals surface area contributed by atoms with Crippen LogP contribution in [0, 0.1) is 29.0 Å². The Hall–Kier alpha value is -3.43. The van der Waals surface area contributed by atoms with Gasteiger partial charge in [-0.3, -0.25) is 9.69 Å². The molecule has 3 aromatic rings. The Labute approximate surface area is 272 Å². The molecule has 5 fully saturated rings. The van der Waals surface area contributed by atoms with E-state index >= 15 is 4.39 Å². The summed E-state index contributed by atoms with van der Waals surface area (Å²) in [5, 5.41) is 0. The summed E-state index contributed by atoms with van der Waals surface area (Å²) < 4.78 is 49.3. The number of sulfonamides is 1. The number of carbonyl (C=O) groups is 1. The molecule has 0 atom stereocenters. The second-order valence-corrected chi connectivity index (χ2v) is 15.9. The number of piperazine rings is 1. The van der Waals surface area contributed by atoms with E-state index in [0.717, 1.165) is 68.0 Å². The van der Waals surface area contributed by atoms with Gasteiger partial charge < -0.3 is 9.64 Å². The van der Waals surface area contributed by atoms with Crippen LogP contribution in [0.4, 0.5) is 10.1 Å². The molecule has 1 saturated heterocycles. The molecule has 4 bridgehead atoms. The minimum absolute atomic E-state index is 0.0662. The van der Waals surface area contributed by atoms with Crippen LogP contribution in [0.1, 0.15) is 61.4 Å². The van der Waals surface area contributed by atoms with E-state index in [1.54, 1.807) is 18.2 Å². The molecule has 9 heteroatoms. The molecule has 4 aliphatic carbocycles. The lowest BCUT2D eigenvalue weighted by atomic mass is 9.50. The number of carbonyl (C=O) groups excluding carboxylic acids is 1. The van der Waals surface area contributed by atoms with Gasteiger partial charge >= 0.3 is 0 Å². The zero-order valence-electron chi connectivity index (χ0n) is 26.6. The molecular formula is C37H44FN3O4S. The Kier molecular flexibility index (Phi) is 8.57. The summed E-state index contributed by atoms with van der Waals surface area (Å²) in [7, 11) is -3.72. The van der Waals surface area contributed by atoms with Crippen LogP contribution < -0.4 is 14.4 Å². The van der Waals surface area contributed by atoms with Crippen molar-refractivity contribution < 1.29 is 22.3 Å². The van der Waals surface area contributed by atoms with Crippen molar-refractivity contribution >= 4 is 21.6 Å². The Balaban J connectivity index is 0.908. The second kappa shape index (κ2) is 12.6. The van der Waals surface area contributed by atoms with Gasteiger partial charge in [-0.05, 0) is 122 Å². The van der Waals surface area contributed by atoms with Crippen LogP contribution in [-0.4, -0.2) is 57.8 Å². The molecule has 7 nitrogen and oxygen atoms in total. The Morgan fingerprint density at radius 3 is 2.22 bits per heavy atom. The highest BCUT2D eigenvalue weighted by Crippen LogP contribution is 2.60. The fourth-order valence-corrected chi connectivity index (χ4v) is 10.8. The first-order valence-corrected chi connectivity index (χ1v) is 18.4. The summed E-state index contributed by atoms with van der Waals surface area (Å²) in [6, 6.07) is 20.2. The lowest BCUT2D eigenvalue weighted by molar-refractivity contribution is -0.0391. The second-order valence-electron chi connectivity index (χ2n) is 14.2. The molecule has 0 radical (unpaired) electrons. The molecule has 46 heavy (non-hydrogen) atoms. The number of rotatable bonds is 10. The summed E-state index contributed by atoms with van der Waals surface area (Å²) in [5.41, 5.74) is 3.49. The number of anilines is 1. The number of nitrogens with one attached hydrogen (secondary N) is 1. The van der Waals surface area contributed by atoms with E-state index in [9.17, 15) is 13.2 Å². The van der Waals surface area contributed by atoms with E-state index in [2.05, 4.69) is 14.5 Å². The van der Waals surface area contributed by atoms with Gasteiger partial charge in [-0.2, -0.15) is 0 Å². The largest absolute Gasteiger partial charge is 0.494 e. The van der Waals surface area contributed by atoms with Gasteiger partial charge in [0, 0.05) is 49.5 Å². The zero-order chi connectivity index (χ0) is 31.9. The van der Waals surface area contributed by atoms with E-state index in [-0.39, 0.29) is 17.0 Å². The number of benzene rings is 3. The summed E-state index contributed by atoms with van der Waals surface area (Å²) in [4.78, 5) is 17.6. The molecule has 0 spiro atoms. The first kappa shape index (κ1) is 31.2. The van der Waals surface area contributed by atoms with Gasteiger partial charge in [0.2, 0.25) is 10.0 Å². The van der Waals surface area contributed by atoms with Crippen molar-refractivity contribution in [3.05, 3.63) is 83.7 Å². The number of halogens is 1. The highest BCUT2D eigenvalue weighted by atomic mass is 32.2. The van der Waals surface area contributed by atoms with Crippen molar-refractivity contribution in [2.75, 3.05) is 43.4 Å². The molecule has 0 unspecified atom stereocenters. The number of hydrogen-bond acceptors (Lipinski definition) is 6. The highest BCUT2D eigenvalue weighted by Gasteiger charge is 2.52. The van der Waals surface area contributed by atoms with Crippen molar-refractivity contribution in [2.24, 2.45) is 23.2 Å². The van der Waals surface area contributed by atoms with Crippen molar-refractivity contribution in [3.8, 4) is 16.9 Å². The topological polar surface area (TPSA) is 79.0 Å². The average molecular weight is 646 g/mol. The minimum atomic E-state index is -3.72. The summed E-state index contributed by atoms with van der Waals surface area (Å²) >= 11 is 0. The quantitative estimate of drug-likeness (QED) is 0.272. The molecule has 244 valence electrons. The third kappa shape index (κ3) is 6.81. The highest BCUT2D eigenvalue weighted by molar-refractivity contribution is 7.90. The number of hydrogen-bond donors (Lipinski definition) is 1. The van der Waals surface area contributed by atoms with E-state index in [1.165, 1.54) is 19.3 Å². The monoisotopic (exact) mass is 645 g/mol. The van der Waals surface area contributed by atoms with Crippen LogP contribution in [0.2, 0.25) is 0 Å². The van der Waals surface area contributed by atoms with Gasteiger partial charge in [-0.25, -0.2) is 17.5 Å². The van der Waals surface area contributed by atoms with E-state index < -0.39 is 15.9 Å². The van der Waals surface area contributed by atoms with Crippen LogP contribution >= 0.6 is 0 Å². The number of nitrogens with zero attached hydrogens (tertiary/aromatic N) is 2. The molecule has 1 amide bonds. The maximum absolute atomic E-state index is 15.1. The van der Waals surface area contributed by atoms with Crippen LogP contribution in [0.3, 0.4) is 0 Å². The number of ether oxygens (including phenoxy) is 1. The molecule has 8 rings (SSSR count). The van der Waals surface area contributed by atoms with Gasteiger partial charge in [0.15, 0.2) is 0 Å². The molecule has 4 saturated carbocycles. The molecular weight excluding hydrogens is 601 g/mol. The SMILES string of the molecule is CCOc1cccc(-c2ccc(CN3CCN(c4ccc(C(=O)NS(=O)(=O)CC56CC7CC(CC(C7)C5)C6)cc4)CC3)cc2F)c1. The maximum Gasteiger partial charge on any atom is 0.264 e. The molecule has 1 aliphatic heterocycles. The fourth-order valence-electron chi connectivity index (χ4n) is 9.16. The fraction of sp³-hybridized carbons (Fsp3) is 0.486. The van der Waals surface area contributed by atoms with Crippen molar-refractivity contribution in [1.29, 1.82) is 0 Å². The van der Waals surface area contributed by atoms with Crippen molar-refractivity contribution in [2.45, 2.75) is 52.0 Å². The smallest absolute Gasteiger partial charge is 0.264 e. The molecule has 1 heterocycles. The summed E-state index contributed by atoms with van der Waals surface area (Å²) in [6.45, 7) is 6.41. The summed E-state index contributed by atoms with van der Waals surface area (Å²) in [5.74, 6) is 1.99. The van der Waals surface area contributed by atoms with E-state index in [1.807, 2.05) is 55.5 Å².